The first-order valence-corrected chi connectivity index (χ1v) is 5.46. The van der Waals surface area contributed by atoms with Crippen LogP contribution in [0.1, 0.15) is 24.3 Å². The van der Waals surface area contributed by atoms with Crippen LogP contribution in [0, 0.1) is 11.6 Å². The molecular formula is C12H15F2NO. The lowest BCUT2D eigenvalue weighted by Gasteiger charge is -2.23. The maximum absolute atomic E-state index is 13.6. The van der Waals surface area contributed by atoms with Gasteiger partial charge in [0.2, 0.25) is 0 Å². The summed E-state index contributed by atoms with van der Waals surface area (Å²) in [6, 6.07) is 2.40. The zero-order valence-electron chi connectivity index (χ0n) is 9.22. The number of hydrogen-bond donors (Lipinski definition) is 1. The summed E-state index contributed by atoms with van der Waals surface area (Å²) in [4.78, 5) is 0. The summed E-state index contributed by atoms with van der Waals surface area (Å²) in [7, 11) is 1.39. The molecule has 4 heteroatoms. The minimum Gasteiger partial charge on any atom is -0.494 e. The zero-order chi connectivity index (χ0) is 11.5. The highest BCUT2D eigenvalue weighted by atomic mass is 19.1. The van der Waals surface area contributed by atoms with Crippen LogP contribution in [0.15, 0.2) is 12.1 Å². The fraction of sp³-hybridized carbons (Fsp3) is 0.500. The zero-order valence-corrected chi connectivity index (χ0v) is 9.22. The van der Waals surface area contributed by atoms with Crippen molar-refractivity contribution in [3.8, 4) is 5.75 Å². The molecule has 1 aliphatic rings. The monoisotopic (exact) mass is 227 g/mol. The Labute approximate surface area is 93.6 Å². The molecule has 0 aliphatic carbocycles. The van der Waals surface area contributed by atoms with E-state index < -0.39 is 11.6 Å². The van der Waals surface area contributed by atoms with E-state index in [-0.39, 0.29) is 11.7 Å². The van der Waals surface area contributed by atoms with Crippen molar-refractivity contribution in [2.24, 2.45) is 0 Å². The van der Waals surface area contributed by atoms with Crippen molar-refractivity contribution in [2.45, 2.75) is 18.8 Å². The molecule has 0 spiro atoms. The first-order valence-electron chi connectivity index (χ1n) is 5.46. The summed E-state index contributed by atoms with van der Waals surface area (Å²) in [6.45, 7) is 1.76. The van der Waals surface area contributed by atoms with Crippen molar-refractivity contribution in [3.63, 3.8) is 0 Å². The Kier molecular flexibility index (Phi) is 3.39. The number of nitrogens with one attached hydrogen (secondary N) is 1. The molecule has 1 aromatic rings. The largest absolute Gasteiger partial charge is 0.494 e. The molecule has 1 aromatic carbocycles. The predicted molar refractivity (Wildman–Crippen MR) is 57.8 cm³/mol. The molecule has 1 heterocycles. The van der Waals surface area contributed by atoms with Crippen LogP contribution in [0.25, 0.3) is 0 Å². The Morgan fingerprint density at radius 3 is 2.50 bits per heavy atom. The molecule has 1 saturated heterocycles. The summed E-state index contributed by atoms with van der Waals surface area (Å²) in [6.07, 6.45) is 1.76. The van der Waals surface area contributed by atoms with Gasteiger partial charge in [-0.3, -0.25) is 0 Å². The van der Waals surface area contributed by atoms with Gasteiger partial charge in [-0.1, -0.05) is 0 Å². The summed E-state index contributed by atoms with van der Waals surface area (Å²) >= 11 is 0. The Morgan fingerprint density at radius 2 is 1.88 bits per heavy atom. The molecule has 16 heavy (non-hydrogen) atoms. The van der Waals surface area contributed by atoms with Crippen molar-refractivity contribution < 1.29 is 13.5 Å². The summed E-state index contributed by atoms with van der Waals surface area (Å²) in [5, 5.41) is 3.22. The average molecular weight is 227 g/mol. The fourth-order valence-corrected chi connectivity index (χ4v) is 2.15. The third-order valence-corrected chi connectivity index (χ3v) is 3.05. The minimum atomic E-state index is -0.641. The topological polar surface area (TPSA) is 21.3 Å². The van der Waals surface area contributed by atoms with Crippen LogP contribution in [0.5, 0.6) is 5.75 Å². The van der Waals surface area contributed by atoms with Gasteiger partial charge in [0.1, 0.15) is 5.82 Å². The molecule has 0 unspecified atom stereocenters. The Bertz CT molecular complexity index is 376. The number of hydrogen-bond acceptors (Lipinski definition) is 2. The highest BCUT2D eigenvalue weighted by Gasteiger charge is 2.20. The predicted octanol–water partition coefficient (Wildman–Crippen LogP) is 2.44. The summed E-state index contributed by atoms with van der Waals surface area (Å²) < 4.78 is 31.7. The van der Waals surface area contributed by atoms with E-state index in [1.165, 1.54) is 13.2 Å². The van der Waals surface area contributed by atoms with Gasteiger partial charge < -0.3 is 10.1 Å². The molecule has 0 amide bonds. The second-order valence-corrected chi connectivity index (χ2v) is 4.03. The van der Waals surface area contributed by atoms with Crippen LogP contribution in [0.3, 0.4) is 0 Å². The standard InChI is InChI=1S/C12H15F2NO/c1-16-12-6-9(10(13)7-11(12)14)8-2-4-15-5-3-8/h6-8,15H,2-5H2,1H3. The quantitative estimate of drug-likeness (QED) is 0.837. The van der Waals surface area contributed by atoms with Crippen molar-refractivity contribution in [1.29, 1.82) is 0 Å². The van der Waals surface area contributed by atoms with Crippen LogP contribution in [0.4, 0.5) is 8.78 Å². The van der Waals surface area contributed by atoms with Crippen molar-refractivity contribution in [3.05, 3.63) is 29.3 Å². The van der Waals surface area contributed by atoms with Gasteiger partial charge >= 0.3 is 0 Å². The van der Waals surface area contributed by atoms with Crippen molar-refractivity contribution in [1.82, 2.24) is 5.32 Å². The number of piperidine rings is 1. The molecule has 1 fully saturated rings. The third kappa shape index (κ3) is 2.16. The fourth-order valence-electron chi connectivity index (χ4n) is 2.15. The Balaban J connectivity index is 2.31. The van der Waals surface area contributed by atoms with E-state index in [1.54, 1.807) is 0 Å². The molecule has 0 atom stereocenters. The SMILES string of the molecule is COc1cc(C2CCNCC2)c(F)cc1F. The number of ether oxygens (including phenoxy) is 1. The highest BCUT2D eigenvalue weighted by Crippen LogP contribution is 2.31. The van der Waals surface area contributed by atoms with Crippen molar-refractivity contribution >= 4 is 0 Å². The molecule has 0 radical (unpaired) electrons. The maximum Gasteiger partial charge on any atom is 0.167 e. The molecule has 0 bridgehead atoms. The van der Waals surface area contributed by atoms with E-state index in [0.717, 1.165) is 32.0 Å². The number of halogens is 2. The van der Waals surface area contributed by atoms with E-state index in [4.69, 9.17) is 4.74 Å². The van der Waals surface area contributed by atoms with Gasteiger partial charge in [0.25, 0.3) is 0 Å². The Morgan fingerprint density at radius 1 is 1.19 bits per heavy atom. The van der Waals surface area contributed by atoms with Crippen LogP contribution in [-0.4, -0.2) is 20.2 Å². The summed E-state index contributed by atoms with van der Waals surface area (Å²) in [5.41, 5.74) is 0.569. The van der Waals surface area contributed by atoms with E-state index in [2.05, 4.69) is 5.32 Å². The molecule has 1 aliphatic heterocycles. The third-order valence-electron chi connectivity index (χ3n) is 3.05. The lowest BCUT2D eigenvalue weighted by Crippen LogP contribution is -2.27. The molecule has 0 aromatic heterocycles. The molecule has 88 valence electrons. The minimum absolute atomic E-state index is 0.120. The van der Waals surface area contributed by atoms with E-state index in [1.807, 2.05) is 0 Å². The molecule has 2 nitrogen and oxygen atoms in total. The molecule has 1 N–H and O–H groups in total. The molecular weight excluding hydrogens is 212 g/mol. The smallest absolute Gasteiger partial charge is 0.167 e. The van der Waals surface area contributed by atoms with Crippen LogP contribution >= 0.6 is 0 Å². The van der Waals surface area contributed by atoms with E-state index in [0.29, 0.717) is 5.56 Å². The van der Waals surface area contributed by atoms with Gasteiger partial charge in [0, 0.05) is 6.07 Å². The Hall–Kier alpha value is -1.16. The van der Waals surface area contributed by atoms with E-state index >= 15 is 0 Å². The van der Waals surface area contributed by atoms with Gasteiger partial charge in [-0.05, 0) is 43.5 Å². The van der Waals surface area contributed by atoms with Crippen LogP contribution in [-0.2, 0) is 0 Å². The number of methoxy groups -OCH3 is 1. The normalized spacial score (nSPS) is 17.4. The number of benzene rings is 1. The lowest BCUT2D eigenvalue weighted by molar-refractivity contribution is 0.378. The lowest BCUT2D eigenvalue weighted by atomic mass is 9.89. The van der Waals surface area contributed by atoms with Gasteiger partial charge in [-0.15, -0.1) is 0 Å². The van der Waals surface area contributed by atoms with Crippen LogP contribution < -0.4 is 10.1 Å². The van der Waals surface area contributed by atoms with Gasteiger partial charge in [-0.25, -0.2) is 8.78 Å². The average Bonchev–Trinajstić information content (AvgIpc) is 2.30. The van der Waals surface area contributed by atoms with Gasteiger partial charge in [0.05, 0.1) is 7.11 Å². The first-order chi connectivity index (χ1) is 7.72. The van der Waals surface area contributed by atoms with E-state index in [9.17, 15) is 8.78 Å². The number of rotatable bonds is 2. The molecule has 0 saturated carbocycles. The summed E-state index contributed by atoms with van der Waals surface area (Å²) in [5.74, 6) is -0.825. The first kappa shape index (κ1) is 11.3. The van der Waals surface area contributed by atoms with Gasteiger partial charge in [-0.2, -0.15) is 0 Å². The van der Waals surface area contributed by atoms with Crippen LogP contribution in [0.2, 0.25) is 0 Å². The molecule has 2 rings (SSSR count). The van der Waals surface area contributed by atoms with Crippen molar-refractivity contribution in [2.75, 3.05) is 20.2 Å². The maximum atomic E-state index is 13.6. The van der Waals surface area contributed by atoms with Gasteiger partial charge in [0.15, 0.2) is 11.6 Å². The highest BCUT2D eigenvalue weighted by molar-refractivity contribution is 5.34. The second-order valence-electron chi connectivity index (χ2n) is 4.03. The second kappa shape index (κ2) is 4.78.